The number of aromatic nitrogens is 1. The summed E-state index contributed by atoms with van der Waals surface area (Å²) in [6.07, 6.45) is 7.04. The van der Waals surface area contributed by atoms with Crippen molar-refractivity contribution in [3.63, 3.8) is 0 Å². The Morgan fingerprint density at radius 1 is 1.24 bits per heavy atom. The Balaban J connectivity index is 1.60. The number of ether oxygens (including phenoxy) is 1. The normalized spacial score (nSPS) is 17.0. The van der Waals surface area contributed by atoms with Crippen LogP contribution in [0.5, 0.6) is 5.75 Å². The van der Waals surface area contributed by atoms with E-state index in [4.69, 9.17) is 4.74 Å². The Morgan fingerprint density at radius 3 is 2.76 bits per heavy atom. The zero-order valence-electron chi connectivity index (χ0n) is 10.7. The van der Waals surface area contributed by atoms with Crippen LogP contribution in [0, 0.1) is 6.92 Å². The van der Waals surface area contributed by atoms with Gasteiger partial charge in [-0.2, -0.15) is 0 Å². The molecule has 2 rings (SSSR count). The van der Waals surface area contributed by atoms with E-state index in [0.29, 0.717) is 0 Å². The number of pyridine rings is 1. The average molecular weight is 234 g/mol. The van der Waals surface area contributed by atoms with Crippen LogP contribution in [-0.2, 0) is 0 Å². The number of aryl methyl sites for hydroxylation is 1. The fourth-order valence-corrected chi connectivity index (χ4v) is 2.20. The van der Waals surface area contributed by atoms with Gasteiger partial charge in [0, 0.05) is 12.2 Å². The number of rotatable bonds is 5. The molecule has 1 aliphatic heterocycles. The Bertz CT molecular complexity index is 317. The monoisotopic (exact) mass is 234 g/mol. The van der Waals surface area contributed by atoms with E-state index in [0.717, 1.165) is 24.5 Å². The van der Waals surface area contributed by atoms with Gasteiger partial charge < -0.3 is 9.64 Å². The smallest absolute Gasteiger partial charge is 0.137 e. The molecule has 1 aromatic rings. The molecule has 1 saturated heterocycles. The van der Waals surface area contributed by atoms with Crippen LogP contribution in [-0.4, -0.2) is 36.1 Å². The van der Waals surface area contributed by atoms with Gasteiger partial charge in [-0.3, -0.25) is 4.98 Å². The molecule has 0 saturated carbocycles. The molecule has 0 amide bonds. The van der Waals surface area contributed by atoms with E-state index in [1.807, 2.05) is 19.1 Å². The van der Waals surface area contributed by atoms with Gasteiger partial charge >= 0.3 is 0 Å². The number of hydrogen-bond acceptors (Lipinski definition) is 3. The first kappa shape index (κ1) is 12.4. The quantitative estimate of drug-likeness (QED) is 0.732. The average Bonchev–Trinajstić information content (AvgIpc) is 2.38. The standard InChI is InChI=1S/C14H22N2O/c1-13-6-7-14(12-15-13)17-11-5-10-16-8-3-2-4-9-16/h6-7,12H,2-5,8-11H2,1H3. The number of hydrogen-bond donors (Lipinski definition) is 0. The lowest BCUT2D eigenvalue weighted by atomic mass is 10.1. The van der Waals surface area contributed by atoms with E-state index in [-0.39, 0.29) is 0 Å². The summed E-state index contributed by atoms with van der Waals surface area (Å²) in [6, 6.07) is 3.98. The van der Waals surface area contributed by atoms with Crippen LogP contribution in [0.4, 0.5) is 0 Å². The van der Waals surface area contributed by atoms with Gasteiger partial charge in [0.1, 0.15) is 5.75 Å². The first-order chi connectivity index (χ1) is 8.34. The highest BCUT2D eigenvalue weighted by atomic mass is 16.5. The van der Waals surface area contributed by atoms with E-state index in [2.05, 4.69) is 9.88 Å². The molecule has 0 atom stereocenters. The molecule has 0 radical (unpaired) electrons. The third kappa shape index (κ3) is 4.35. The van der Waals surface area contributed by atoms with Crippen LogP contribution in [0.3, 0.4) is 0 Å². The zero-order valence-corrected chi connectivity index (χ0v) is 10.7. The van der Waals surface area contributed by atoms with Crippen LogP contribution in [0.1, 0.15) is 31.4 Å². The second kappa shape index (κ2) is 6.60. The maximum absolute atomic E-state index is 5.66. The molecule has 1 aromatic heterocycles. The molecular formula is C14H22N2O. The van der Waals surface area contributed by atoms with Gasteiger partial charge in [0.25, 0.3) is 0 Å². The van der Waals surface area contributed by atoms with Gasteiger partial charge in [0.2, 0.25) is 0 Å². The van der Waals surface area contributed by atoms with E-state index in [9.17, 15) is 0 Å². The van der Waals surface area contributed by atoms with Crippen molar-refractivity contribution in [3.8, 4) is 5.75 Å². The Labute approximate surface area is 104 Å². The molecule has 0 N–H and O–H groups in total. The van der Waals surface area contributed by atoms with E-state index in [1.54, 1.807) is 6.20 Å². The van der Waals surface area contributed by atoms with Crippen LogP contribution >= 0.6 is 0 Å². The van der Waals surface area contributed by atoms with Gasteiger partial charge in [-0.15, -0.1) is 0 Å². The maximum atomic E-state index is 5.66. The summed E-state index contributed by atoms with van der Waals surface area (Å²) in [5.41, 5.74) is 1.03. The fraction of sp³-hybridized carbons (Fsp3) is 0.643. The third-order valence-corrected chi connectivity index (χ3v) is 3.22. The second-order valence-electron chi connectivity index (χ2n) is 4.74. The highest BCUT2D eigenvalue weighted by molar-refractivity contribution is 5.18. The Kier molecular flexibility index (Phi) is 4.80. The molecule has 0 aromatic carbocycles. The van der Waals surface area contributed by atoms with Crippen LogP contribution in [0.25, 0.3) is 0 Å². The van der Waals surface area contributed by atoms with Crippen molar-refractivity contribution in [2.45, 2.75) is 32.6 Å². The molecule has 1 fully saturated rings. The predicted molar refractivity (Wildman–Crippen MR) is 69.4 cm³/mol. The molecular weight excluding hydrogens is 212 g/mol. The number of nitrogens with zero attached hydrogens (tertiary/aromatic N) is 2. The lowest BCUT2D eigenvalue weighted by molar-refractivity contribution is 0.205. The number of likely N-dealkylation sites (tertiary alicyclic amines) is 1. The van der Waals surface area contributed by atoms with E-state index < -0.39 is 0 Å². The van der Waals surface area contributed by atoms with Crippen molar-refractivity contribution in [1.29, 1.82) is 0 Å². The van der Waals surface area contributed by atoms with E-state index in [1.165, 1.54) is 38.9 Å². The van der Waals surface area contributed by atoms with Crippen molar-refractivity contribution in [1.82, 2.24) is 9.88 Å². The molecule has 1 aliphatic rings. The summed E-state index contributed by atoms with van der Waals surface area (Å²) >= 11 is 0. The minimum atomic E-state index is 0.793. The third-order valence-electron chi connectivity index (χ3n) is 3.22. The van der Waals surface area contributed by atoms with Crippen molar-refractivity contribution < 1.29 is 4.74 Å². The molecule has 0 bridgehead atoms. The van der Waals surface area contributed by atoms with Gasteiger partial charge in [-0.25, -0.2) is 0 Å². The molecule has 94 valence electrons. The van der Waals surface area contributed by atoms with E-state index >= 15 is 0 Å². The molecule has 3 heteroatoms. The van der Waals surface area contributed by atoms with Crippen LogP contribution < -0.4 is 4.74 Å². The fourth-order valence-electron chi connectivity index (χ4n) is 2.20. The largest absolute Gasteiger partial charge is 0.492 e. The summed E-state index contributed by atoms with van der Waals surface area (Å²) in [7, 11) is 0. The lowest BCUT2D eigenvalue weighted by Gasteiger charge is -2.26. The van der Waals surface area contributed by atoms with Crippen molar-refractivity contribution in [2.24, 2.45) is 0 Å². The summed E-state index contributed by atoms with van der Waals surface area (Å²) in [6.45, 7) is 6.48. The molecule has 2 heterocycles. The second-order valence-corrected chi connectivity index (χ2v) is 4.74. The van der Waals surface area contributed by atoms with Crippen LogP contribution in [0.15, 0.2) is 18.3 Å². The summed E-state index contributed by atoms with van der Waals surface area (Å²) in [5.74, 6) is 0.884. The summed E-state index contributed by atoms with van der Waals surface area (Å²) < 4.78 is 5.66. The number of piperidine rings is 1. The zero-order chi connectivity index (χ0) is 11.9. The first-order valence-electron chi connectivity index (χ1n) is 6.62. The maximum Gasteiger partial charge on any atom is 0.137 e. The summed E-state index contributed by atoms with van der Waals surface area (Å²) in [5, 5.41) is 0. The van der Waals surface area contributed by atoms with Gasteiger partial charge in [0.15, 0.2) is 0 Å². The molecule has 3 nitrogen and oxygen atoms in total. The molecule has 0 aliphatic carbocycles. The highest BCUT2D eigenvalue weighted by Gasteiger charge is 2.08. The Morgan fingerprint density at radius 2 is 2.06 bits per heavy atom. The first-order valence-corrected chi connectivity index (χ1v) is 6.62. The predicted octanol–water partition coefficient (Wildman–Crippen LogP) is 2.64. The molecule has 0 spiro atoms. The topological polar surface area (TPSA) is 25.4 Å². The Hall–Kier alpha value is -1.09. The van der Waals surface area contributed by atoms with Crippen molar-refractivity contribution in [2.75, 3.05) is 26.2 Å². The van der Waals surface area contributed by atoms with Gasteiger partial charge in [-0.05, 0) is 51.4 Å². The van der Waals surface area contributed by atoms with Gasteiger partial charge in [-0.1, -0.05) is 6.42 Å². The lowest BCUT2D eigenvalue weighted by Crippen LogP contribution is -2.31. The van der Waals surface area contributed by atoms with Crippen LogP contribution in [0.2, 0.25) is 0 Å². The minimum Gasteiger partial charge on any atom is -0.492 e. The van der Waals surface area contributed by atoms with Crippen molar-refractivity contribution >= 4 is 0 Å². The van der Waals surface area contributed by atoms with Gasteiger partial charge in [0.05, 0.1) is 12.8 Å². The molecule has 17 heavy (non-hydrogen) atoms. The van der Waals surface area contributed by atoms with Crippen molar-refractivity contribution in [3.05, 3.63) is 24.0 Å². The summed E-state index contributed by atoms with van der Waals surface area (Å²) in [4.78, 5) is 6.75. The molecule has 0 unspecified atom stereocenters. The minimum absolute atomic E-state index is 0.793. The SMILES string of the molecule is Cc1ccc(OCCCN2CCCCC2)cn1. The highest BCUT2D eigenvalue weighted by Crippen LogP contribution is 2.11.